The van der Waals surface area contributed by atoms with Crippen LogP contribution in [0.5, 0.6) is 5.75 Å². The molecule has 4 nitrogen and oxygen atoms in total. The van der Waals surface area contributed by atoms with E-state index >= 15 is 0 Å². The van der Waals surface area contributed by atoms with E-state index in [4.69, 9.17) is 4.74 Å². The van der Waals surface area contributed by atoms with Crippen LogP contribution in [-0.2, 0) is 0 Å². The molecule has 0 aliphatic carbocycles. The molecule has 4 heteroatoms. The van der Waals surface area contributed by atoms with Crippen LogP contribution in [0.1, 0.15) is 25.5 Å². The number of hydrogen-bond donors (Lipinski definition) is 1. The van der Waals surface area contributed by atoms with Crippen LogP contribution in [-0.4, -0.2) is 62.7 Å². The fourth-order valence-corrected chi connectivity index (χ4v) is 3.49. The second-order valence-corrected chi connectivity index (χ2v) is 6.12. The molecule has 0 amide bonds. The second kappa shape index (κ2) is 7.25. The molecular formula is C17H29N3O. The smallest absolute Gasteiger partial charge is 0.124 e. The van der Waals surface area contributed by atoms with Crippen molar-refractivity contribution in [2.45, 2.75) is 32.0 Å². The Bertz CT molecular complexity index is 449. The first-order valence-electron chi connectivity index (χ1n) is 7.88. The number of para-hydroxylation sites is 1. The number of fused-ring (bicyclic) bond motifs is 1. The molecule has 0 spiro atoms. The molecule has 0 fully saturated rings. The summed E-state index contributed by atoms with van der Waals surface area (Å²) in [6, 6.07) is 9.55. The molecule has 21 heavy (non-hydrogen) atoms. The minimum Gasteiger partial charge on any atom is -0.492 e. The summed E-state index contributed by atoms with van der Waals surface area (Å²) < 4.78 is 6.01. The number of hydrogen-bond acceptors (Lipinski definition) is 4. The minimum absolute atomic E-state index is 0.319. The maximum atomic E-state index is 6.01. The highest BCUT2D eigenvalue weighted by molar-refractivity contribution is 5.38. The van der Waals surface area contributed by atoms with Crippen molar-refractivity contribution in [3.63, 3.8) is 0 Å². The highest BCUT2D eigenvalue weighted by Gasteiger charge is 2.35. The normalized spacial score (nSPS) is 23.0. The summed E-state index contributed by atoms with van der Waals surface area (Å²) in [4.78, 5) is 4.80. The van der Waals surface area contributed by atoms with Crippen LogP contribution in [0, 0.1) is 0 Å². The van der Waals surface area contributed by atoms with Gasteiger partial charge in [0.1, 0.15) is 12.4 Å². The Kier molecular flexibility index (Phi) is 5.62. The Balaban J connectivity index is 2.22. The van der Waals surface area contributed by atoms with Gasteiger partial charge in [-0.25, -0.2) is 0 Å². The van der Waals surface area contributed by atoms with Crippen LogP contribution >= 0.6 is 0 Å². The number of nitrogens with one attached hydrogen (secondary N) is 1. The zero-order valence-corrected chi connectivity index (χ0v) is 14.0. The molecule has 1 aromatic carbocycles. The predicted molar refractivity (Wildman–Crippen MR) is 87.9 cm³/mol. The van der Waals surface area contributed by atoms with E-state index in [-0.39, 0.29) is 0 Å². The zero-order valence-electron chi connectivity index (χ0n) is 14.0. The van der Waals surface area contributed by atoms with Crippen molar-refractivity contribution in [2.24, 2.45) is 0 Å². The molecule has 0 radical (unpaired) electrons. The van der Waals surface area contributed by atoms with Gasteiger partial charge in [-0.3, -0.25) is 4.90 Å². The molecule has 1 N–H and O–H groups in total. The molecule has 0 bridgehead atoms. The Hall–Kier alpha value is -1.10. The number of benzene rings is 1. The van der Waals surface area contributed by atoms with Crippen LogP contribution in [0.15, 0.2) is 24.3 Å². The number of rotatable bonds is 6. The minimum atomic E-state index is 0.319. The summed E-state index contributed by atoms with van der Waals surface area (Å²) in [5, 5.41) is 3.50. The number of ether oxygens (including phenoxy) is 1. The van der Waals surface area contributed by atoms with Crippen LogP contribution in [0.4, 0.5) is 0 Å². The Morgan fingerprint density at radius 1 is 1.33 bits per heavy atom. The summed E-state index contributed by atoms with van der Waals surface area (Å²) in [5.74, 6) is 1.02. The number of likely N-dealkylation sites (N-methyl/N-ethyl adjacent to an activating group) is 3. The van der Waals surface area contributed by atoms with Crippen LogP contribution in [0.3, 0.4) is 0 Å². The predicted octanol–water partition coefficient (Wildman–Crippen LogP) is 1.98. The van der Waals surface area contributed by atoms with Crippen LogP contribution < -0.4 is 10.1 Å². The lowest BCUT2D eigenvalue weighted by Crippen LogP contribution is -2.54. The van der Waals surface area contributed by atoms with E-state index in [9.17, 15) is 0 Å². The lowest BCUT2D eigenvalue weighted by Gasteiger charge is -2.43. The van der Waals surface area contributed by atoms with Crippen LogP contribution in [0.2, 0.25) is 0 Å². The molecule has 1 aliphatic rings. The first kappa shape index (κ1) is 16.3. The van der Waals surface area contributed by atoms with Crippen molar-refractivity contribution in [3.05, 3.63) is 29.8 Å². The van der Waals surface area contributed by atoms with Gasteiger partial charge in [-0.2, -0.15) is 0 Å². The third kappa shape index (κ3) is 3.57. The standard InChI is InChI=1S/C17H29N3O/c1-6-20(13(2)11-19(4)5)15-12-21-16-10-8-7-9-14(16)17(15)18-3/h7-10,13,15,17-18H,6,11-12H2,1-5H3. The van der Waals surface area contributed by atoms with Crippen LogP contribution in [0.25, 0.3) is 0 Å². The summed E-state index contributed by atoms with van der Waals surface area (Å²) in [5.41, 5.74) is 1.27. The Labute approximate surface area is 129 Å². The molecule has 3 unspecified atom stereocenters. The molecule has 1 aromatic rings. The SMILES string of the molecule is CCN(C(C)CN(C)C)C1COc2ccccc2C1NC. The van der Waals surface area contributed by atoms with Gasteiger partial charge in [-0.05, 0) is 40.7 Å². The van der Waals surface area contributed by atoms with E-state index in [1.165, 1.54) is 5.56 Å². The van der Waals surface area contributed by atoms with Gasteiger partial charge in [-0.1, -0.05) is 25.1 Å². The van der Waals surface area contributed by atoms with Crippen molar-refractivity contribution in [2.75, 3.05) is 40.8 Å². The molecule has 1 aliphatic heterocycles. The average molecular weight is 291 g/mol. The number of nitrogens with zero attached hydrogens (tertiary/aromatic N) is 2. The summed E-state index contributed by atoms with van der Waals surface area (Å²) >= 11 is 0. The summed E-state index contributed by atoms with van der Waals surface area (Å²) in [7, 11) is 6.31. The molecule has 1 heterocycles. The van der Waals surface area contributed by atoms with Gasteiger partial charge in [0.05, 0.1) is 12.1 Å². The molecule has 118 valence electrons. The van der Waals surface area contributed by atoms with E-state index in [1.54, 1.807) is 0 Å². The third-order valence-electron chi connectivity index (χ3n) is 4.35. The van der Waals surface area contributed by atoms with Gasteiger partial charge >= 0.3 is 0 Å². The van der Waals surface area contributed by atoms with Gasteiger partial charge < -0.3 is 15.0 Å². The van der Waals surface area contributed by atoms with Gasteiger partial charge in [0.15, 0.2) is 0 Å². The second-order valence-electron chi connectivity index (χ2n) is 6.12. The van der Waals surface area contributed by atoms with Crippen molar-refractivity contribution in [1.82, 2.24) is 15.1 Å². The largest absolute Gasteiger partial charge is 0.492 e. The van der Waals surface area contributed by atoms with E-state index < -0.39 is 0 Å². The zero-order chi connectivity index (χ0) is 15.4. The molecule has 0 saturated heterocycles. The molecule has 0 aromatic heterocycles. The highest BCUT2D eigenvalue weighted by atomic mass is 16.5. The van der Waals surface area contributed by atoms with Crippen molar-refractivity contribution >= 4 is 0 Å². The summed E-state index contributed by atoms with van der Waals surface area (Å²) in [6.07, 6.45) is 0. The summed E-state index contributed by atoms with van der Waals surface area (Å²) in [6.45, 7) is 7.37. The van der Waals surface area contributed by atoms with Gasteiger partial charge in [-0.15, -0.1) is 0 Å². The average Bonchev–Trinajstić information content (AvgIpc) is 2.46. The highest BCUT2D eigenvalue weighted by Crippen LogP contribution is 2.34. The maximum Gasteiger partial charge on any atom is 0.124 e. The first-order chi connectivity index (χ1) is 10.1. The van der Waals surface area contributed by atoms with E-state index in [0.29, 0.717) is 18.1 Å². The molecular weight excluding hydrogens is 262 g/mol. The van der Waals surface area contributed by atoms with Gasteiger partial charge in [0, 0.05) is 18.2 Å². The Morgan fingerprint density at radius 2 is 2.05 bits per heavy atom. The van der Waals surface area contributed by atoms with Crippen molar-refractivity contribution in [3.8, 4) is 5.75 Å². The van der Waals surface area contributed by atoms with Crippen molar-refractivity contribution < 1.29 is 4.74 Å². The van der Waals surface area contributed by atoms with Crippen molar-refractivity contribution in [1.29, 1.82) is 0 Å². The van der Waals surface area contributed by atoms with E-state index in [1.807, 2.05) is 13.1 Å². The lowest BCUT2D eigenvalue weighted by atomic mass is 9.94. The maximum absolute atomic E-state index is 6.01. The fraction of sp³-hybridized carbons (Fsp3) is 0.647. The van der Waals surface area contributed by atoms with Gasteiger partial charge in [0.2, 0.25) is 0 Å². The third-order valence-corrected chi connectivity index (χ3v) is 4.35. The van der Waals surface area contributed by atoms with E-state index in [0.717, 1.165) is 25.4 Å². The van der Waals surface area contributed by atoms with E-state index in [2.05, 4.69) is 61.3 Å². The fourth-order valence-electron chi connectivity index (χ4n) is 3.49. The molecule has 2 rings (SSSR count). The topological polar surface area (TPSA) is 27.7 Å². The monoisotopic (exact) mass is 291 g/mol. The quantitative estimate of drug-likeness (QED) is 0.867. The lowest BCUT2D eigenvalue weighted by molar-refractivity contribution is 0.0543. The Morgan fingerprint density at radius 3 is 2.67 bits per heavy atom. The molecule has 0 saturated carbocycles. The molecule has 3 atom stereocenters. The van der Waals surface area contributed by atoms with Gasteiger partial charge in [0.25, 0.3) is 0 Å². The first-order valence-corrected chi connectivity index (χ1v) is 7.88.